The van der Waals surface area contributed by atoms with Gasteiger partial charge in [-0.15, -0.1) is 15.3 Å². The summed E-state index contributed by atoms with van der Waals surface area (Å²) in [6.07, 6.45) is -2.71. The quantitative estimate of drug-likeness (QED) is 0.741. The molecule has 2 aromatic heterocycles. The number of fused-ring (bicyclic) bond motifs is 1. The molecular weight excluding hydrogens is 276 g/mol. The Bertz CT molecular complexity index is 741. The zero-order valence-corrected chi connectivity index (χ0v) is 11.3. The molecule has 0 aliphatic heterocycles. The van der Waals surface area contributed by atoms with Crippen molar-refractivity contribution < 1.29 is 8.78 Å². The van der Waals surface area contributed by atoms with E-state index < -0.39 is 12.2 Å². The summed E-state index contributed by atoms with van der Waals surface area (Å²) in [5.41, 5.74) is 1.42. The normalized spacial score (nSPS) is 11.2. The zero-order chi connectivity index (χ0) is 14.8. The molecular formula is C14H13F2N5. The van der Waals surface area contributed by atoms with Gasteiger partial charge >= 0.3 is 0 Å². The molecule has 5 nitrogen and oxygen atoms in total. The fraction of sp³-hybridized carbons (Fsp3) is 0.214. The second-order valence-electron chi connectivity index (χ2n) is 4.66. The van der Waals surface area contributed by atoms with E-state index in [1.807, 2.05) is 42.3 Å². The molecule has 7 heteroatoms. The van der Waals surface area contributed by atoms with Gasteiger partial charge in [0.15, 0.2) is 5.65 Å². The minimum absolute atomic E-state index is 0.308. The van der Waals surface area contributed by atoms with E-state index in [1.165, 1.54) is 0 Å². The van der Waals surface area contributed by atoms with Crippen molar-refractivity contribution in [3.8, 4) is 0 Å². The second kappa shape index (κ2) is 5.43. The smallest absolute Gasteiger partial charge is 0.299 e. The lowest BCUT2D eigenvalue weighted by Crippen LogP contribution is -2.19. The van der Waals surface area contributed by atoms with Crippen LogP contribution in [0.25, 0.3) is 5.65 Å². The molecule has 0 aliphatic carbocycles. The van der Waals surface area contributed by atoms with Gasteiger partial charge in [-0.2, -0.15) is 4.52 Å². The predicted octanol–water partition coefficient (Wildman–Crippen LogP) is 2.70. The highest BCUT2D eigenvalue weighted by molar-refractivity contribution is 5.45. The summed E-state index contributed by atoms with van der Waals surface area (Å²) in [5, 5.41) is 11.3. The number of benzene rings is 1. The monoisotopic (exact) mass is 289 g/mol. The molecule has 0 N–H and O–H groups in total. The predicted molar refractivity (Wildman–Crippen MR) is 74.3 cm³/mol. The van der Waals surface area contributed by atoms with Crippen molar-refractivity contribution in [3.05, 3.63) is 53.9 Å². The lowest BCUT2D eigenvalue weighted by atomic mass is 10.2. The summed E-state index contributed by atoms with van der Waals surface area (Å²) in [6.45, 7) is 0.630. The lowest BCUT2D eigenvalue weighted by molar-refractivity contribution is 0.137. The van der Waals surface area contributed by atoms with Gasteiger partial charge in [0.2, 0.25) is 5.82 Å². The summed E-state index contributed by atoms with van der Waals surface area (Å²) in [4.78, 5) is 1.88. The molecule has 0 aliphatic rings. The van der Waals surface area contributed by atoms with Crippen LogP contribution in [-0.2, 0) is 6.54 Å². The first-order valence-electron chi connectivity index (χ1n) is 6.41. The number of aromatic nitrogens is 4. The number of hydrogen-bond acceptors (Lipinski definition) is 4. The van der Waals surface area contributed by atoms with Crippen LogP contribution in [0.15, 0.2) is 42.5 Å². The van der Waals surface area contributed by atoms with Crippen LogP contribution in [0.3, 0.4) is 0 Å². The van der Waals surface area contributed by atoms with E-state index >= 15 is 0 Å². The molecule has 0 atom stereocenters. The first-order chi connectivity index (χ1) is 10.1. The number of hydrogen-bond donors (Lipinski definition) is 0. The number of nitrogens with zero attached hydrogens (tertiary/aromatic N) is 5. The number of alkyl halides is 2. The van der Waals surface area contributed by atoms with E-state index in [4.69, 9.17) is 0 Å². The molecule has 0 unspecified atom stereocenters. The van der Waals surface area contributed by atoms with E-state index in [0.29, 0.717) is 18.0 Å². The van der Waals surface area contributed by atoms with Crippen LogP contribution in [0.2, 0.25) is 0 Å². The fourth-order valence-electron chi connectivity index (χ4n) is 2.07. The molecule has 1 aromatic carbocycles. The Hall–Kier alpha value is -2.57. The van der Waals surface area contributed by atoms with Crippen LogP contribution in [0, 0.1) is 0 Å². The van der Waals surface area contributed by atoms with E-state index in [9.17, 15) is 8.78 Å². The van der Waals surface area contributed by atoms with Gasteiger partial charge in [-0.1, -0.05) is 30.3 Å². The topological polar surface area (TPSA) is 46.3 Å². The maximum Gasteiger partial charge on any atom is 0.299 e. The van der Waals surface area contributed by atoms with E-state index in [1.54, 1.807) is 12.1 Å². The standard InChI is InChI=1S/C14H13F2N5/c1-20(9-10-5-3-2-4-6-10)12-8-7-11-17-18-14(13(15)16)21(11)19-12/h2-8,13H,9H2,1H3. The van der Waals surface area contributed by atoms with Gasteiger partial charge in [-0.25, -0.2) is 8.78 Å². The van der Waals surface area contributed by atoms with Crippen molar-refractivity contribution in [2.75, 3.05) is 11.9 Å². The Morgan fingerprint density at radius 2 is 1.86 bits per heavy atom. The van der Waals surface area contributed by atoms with Crippen LogP contribution in [0.5, 0.6) is 0 Å². The van der Waals surface area contributed by atoms with Crippen molar-refractivity contribution >= 4 is 11.5 Å². The molecule has 0 spiro atoms. The third-order valence-corrected chi connectivity index (χ3v) is 3.12. The summed E-state index contributed by atoms with van der Waals surface area (Å²) in [6, 6.07) is 13.2. The lowest BCUT2D eigenvalue weighted by Gasteiger charge is -2.18. The molecule has 0 bridgehead atoms. The highest BCUT2D eigenvalue weighted by Gasteiger charge is 2.17. The molecule has 2 heterocycles. The van der Waals surface area contributed by atoms with Crippen LogP contribution in [0.1, 0.15) is 17.8 Å². The Morgan fingerprint density at radius 3 is 2.57 bits per heavy atom. The molecule has 0 amide bonds. The fourth-order valence-corrected chi connectivity index (χ4v) is 2.07. The Kier molecular flexibility index (Phi) is 3.47. The minimum atomic E-state index is -2.71. The van der Waals surface area contributed by atoms with Gasteiger partial charge in [0.25, 0.3) is 6.43 Å². The third-order valence-electron chi connectivity index (χ3n) is 3.12. The average Bonchev–Trinajstić information content (AvgIpc) is 2.91. The summed E-state index contributed by atoms with van der Waals surface area (Å²) >= 11 is 0. The molecule has 0 radical (unpaired) electrons. The number of rotatable bonds is 4. The highest BCUT2D eigenvalue weighted by Crippen LogP contribution is 2.19. The summed E-state index contributed by atoms with van der Waals surface area (Å²) < 4.78 is 26.8. The first-order valence-corrected chi connectivity index (χ1v) is 6.41. The van der Waals surface area contributed by atoms with Gasteiger partial charge < -0.3 is 4.90 Å². The van der Waals surface area contributed by atoms with Crippen molar-refractivity contribution in [1.29, 1.82) is 0 Å². The number of halogens is 2. The van der Waals surface area contributed by atoms with E-state index in [2.05, 4.69) is 15.3 Å². The van der Waals surface area contributed by atoms with Crippen LogP contribution >= 0.6 is 0 Å². The Labute approximate surface area is 119 Å². The maximum absolute atomic E-state index is 12.8. The van der Waals surface area contributed by atoms with Gasteiger partial charge in [0.05, 0.1) is 0 Å². The molecule has 3 rings (SSSR count). The zero-order valence-electron chi connectivity index (χ0n) is 11.3. The van der Waals surface area contributed by atoms with Gasteiger partial charge in [-0.05, 0) is 17.7 Å². The Morgan fingerprint density at radius 1 is 1.10 bits per heavy atom. The van der Waals surface area contributed by atoms with Crippen LogP contribution in [-0.4, -0.2) is 26.9 Å². The highest BCUT2D eigenvalue weighted by atomic mass is 19.3. The number of anilines is 1. The van der Waals surface area contributed by atoms with Crippen molar-refractivity contribution in [3.63, 3.8) is 0 Å². The molecule has 0 saturated heterocycles. The van der Waals surface area contributed by atoms with Crippen molar-refractivity contribution in [1.82, 2.24) is 19.8 Å². The molecule has 3 aromatic rings. The maximum atomic E-state index is 12.8. The van der Waals surface area contributed by atoms with Crippen LogP contribution < -0.4 is 4.90 Å². The Balaban J connectivity index is 1.91. The molecule has 0 saturated carbocycles. The third kappa shape index (κ3) is 2.67. The minimum Gasteiger partial charge on any atom is -0.354 e. The molecule has 21 heavy (non-hydrogen) atoms. The SMILES string of the molecule is CN(Cc1ccccc1)c1ccc2nnc(C(F)F)n2n1. The molecule has 0 fully saturated rings. The van der Waals surface area contributed by atoms with Crippen molar-refractivity contribution in [2.24, 2.45) is 0 Å². The first kappa shape index (κ1) is 13.4. The van der Waals surface area contributed by atoms with E-state index in [0.717, 1.165) is 10.1 Å². The van der Waals surface area contributed by atoms with E-state index in [-0.39, 0.29) is 0 Å². The average molecular weight is 289 g/mol. The summed E-state index contributed by atoms with van der Waals surface area (Å²) in [5.74, 6) is 0.132. The molecule has 108 valence electrons. The van der Waals surface area contributed by atoms with Crippen LogP contribution in [0.4, 0.5) is 14.6 Å². The van der Waals surface area contributed by atoms with Gasteiger partial charge in [0, 0.05) is 13.6 Å². The van der Waals surface area contributed by atoms with Crippen molar-refractivity contribution in [2.45, 2.75) is 13.0 Å². The van der Waals surface area contributed by atoms with Gasteiger partial charge in [-0.3, -0.25) is 0 Å². The largest absolute Gasteiger partial charge is 0.354 e. The second-order valence-corrected chi connectivity index (χ2v) is 4.66. The summed E-state index contributed by atoms with van der Waals surface area (Å²) in [7, 11) is 1.85. The van der Waals surface area contributed by atoms with Gasteiger partial charge in [0.1, 0.15) is 5.82 Å².